The second-order valence-electron chi connectivity index (χ2n) is 4.97. The molecule has 2 rings (SSSR count). The lowest BCUT2D eigenvalue weighted by Crippen LogP contribution is -2.28. The molecule has 1 fully saturated rings. The van der Waals surface area contributed by atoms with Gasteiger partial charge in [0.25, 0.3) is 0 Å². The Morgan fingerprint density at radius 3 is 2.70 bits per heavy atom. The molecule has 0 amide bonds. The van der Waals surface area contributed by atoms with Crippen molar-refractivity contribution in [2.45, 2.75) is 6.42 Å². The van der Waals surface area contributed by atoms with E-state index in [2.05, 4.69) is 63.9 Å². The van der Waals surface area contributed by atoms with Gasteiger partial charge in [0.2, 0.25) is 0 Å². The van der Waals surface area contributed by atoms with E-state index in [1.165, 1.54) is 18.7 Å². The summed E-state index contributed by atoms with van der Waals surface area (Å²) in [5.74, 6) is 0. The van der Waals surface area contributed by atoms with Gasteiger partial charge in [-0.3, -0.25) is 5.43 Å². The molecule has 1 aromatic carbocycles. The Morgan fingerprint density at radius 1 is 1.25 bits per heavy atom. The molecule has 1 aliphatic rings. The summed E-state index contributed by atoms with van der Waals surface area (Å²) in [6, 6.07) is 8.37. The van der Waals surface area contributed by atoms with Gasteiger partial charge in [-0.25, -0.2) is 0 Å². The highest BCUT2D eigenvalue weighted by atomic mass is 32.1. The van der Waals surface area contributed by atoms with Gasteiger partial charge in [0, 0.05) is 25.3 Å². The zero-order valence-electron chi connectivity index (χ0n) is 11.7. The zero-order chi connectivity index (χ0) is 14.4. The van der Waals surface area contributed by atoms with Crippen LogP contribution in [0.2, 0.25) is 0 Å². The van der Waals surface area contributed by atoms with Crippen LogP contribution in [0.4, 0.5) is 5.69 Å². The standard InChI is InChI=1S/C14H21N5S/c1-18-7-2-8-19(10-9-18)13-5-3-12(4-6-13)11-16-17-14(15)20/h3-6,11H,2,7-10H2,1H3,(H3,15,17,20). The fraction of sp³-hybridized carbons (Fsp3) is 0.429. The maximum atomic E-state index is 5.30. The smallest absolute Gasteiger partial charge is 0.184 e. The van der Waals surface area contributed by atoms with E-state index in [1.54, 1.807) is 6.21 Å². The number of nitrogens with one attached hydrogen (secondary N) is 1. The highest BCUT2D eigenvalue weighted by molar-refractivity contribution is 7.80. The summed E-state index contributed by atoms with van der Waals surface area (Å²) >= 11 is 4.68. The quantitative estimate of drug-likeness (QED) is 0.494. The predicted octanol–water partition coefficient (Wildman–Crippen LogP) is 0.996. The molecule has 0 saturated carbocycles. The van der Waals surface area contributed by atoms with E-state index in [-0.39, 0.29) is 5.11 Å². The van der Waals surface area contributed by atoms with Crippen LogP contribution < -0.4 is 16.1 Å². The van der Waals surface area contributed by atoms with E-state index < -0.39 is 0 Å². The van der Waals surface area contributed by atoms with E-state index in [9.17, 15) is 0 Å². The fourth-order valence-electron chi connectivity index (χ4n) is 2.25. The molecular formula is C14H21N5S. The van der Waals surface area contributed by atoms with Crippen molar-refractivity contribution in [3.8, 4) is 0 Å². The third kappa shape index (κ3) is 4.47. The third-order valence-corrected chi connectivity index (χ3v) is 3.46. The molecule has 0 radical (unpaired) electrons. The molecule has 0 atom stereocenters. The van der Waals surface area contributed by atoms with Crippen LogP contribution in [0.3, 0.4) is 0 Å². The number of anilines is 1. The lowest BCUT2D eigenvalue weighted by atomic mass is 10.2. The first-order chi connectivity index (χ1) is 9.65. The number of hydrogen-bond donors (Lipinski definition) is 2. The van der Waals surface area contributed by atoms with Crippen molar-refractivity contribution >= 4 is 29.2 Å². The van der Waals surface area contributed by atoms with Crippen LogP contribution in [0.25, 0.3) is 0 Å². The summed E-state index contributed by atoms with van der Waals surface area (Å²) < 4.78 is 0. The largest absolute Gasteiger partial charge is 0.375 e. The minimum absolute atomic E-state index is 0.173. The molecule has 0 bridgehead atoms. The fourth-order valence-corrected chi connectivity index (χ4v) is 2.30. The van der Waals surface area contributed by atoms with Gasteiger partial charge in [0.15, 0.2) is 5.11 Å². The SMILES string of the molecule is CN1CCCN(c2ccc(C=NNC(N)=S)cc2)CC1. The van der Waals surface area contributed by atoms with Crippen LogP contribution in [0.1, 0.15) is 12.0 Å². The van der Waals surface area contributed by atoms with Crippen LogP contribution in [0, 0.1) is 0 Å². The monoisotopic (exact) mass is 291 g/mol. The second kappa shape index (κ2) is 7.21. The minimum atomic E-state index is 0.173. The molecule has 6 heteroatoms. The molecule has 20 heavy (non-hydrogen) atoms. The van der Waals surface area contributed by atoms with Crippen LogP contribution in [-0.4, -0.2) is 49.5 Å². The molecule has 1 saturated heterocycles. The summed E-state index contributed by atoms with van der Waals surface area (Å²) in [4.78, 5) is 4.81. The normalized spacial score (nSPS) is 17.1. The molecule has 0 aliphatic carbocycles. The van der Waals surface area contributed by atoms with Crippen molar-refractivity contribution < 1.29 is 0 Å². The topological polar surface area (TPSA) is 56.9 Å². The maximum Gasteiger partial charge on any atom is 0.184 e. The first-order valence-electron chi connectivity index (χ1n) is 6.77. The summed E-state index contributed by atoms with van der Waals surface area (Å²) in [6.45, 7) is 4.47. The van der Waals surface area contributed by atoms with Crippen molar-refractivity contribution in [1.82, 2.24) is 10.3 Å². The molecule has 3 N–H and O–H groups in total. The lowest BCUT2D eigenvalue weighted by Gasteiger charge is -2.22. The molecule has 5 nitrogen and oxygen atoms in total. The van der Waals surface area contributed by atoms with Gasteiger partial charge in [-0.2, -0.15) is 5.10 Å². The van der Waals surface area contributed by atoms with Crippen molar-refractivity contribution in [1.29, 1.82) is 0 Å². The highest BCUT2D eigenvalue weighted by Gasteiger charge is 2.12. The summed E-state index contributed by atoms with van der Waals surface area (Å²) in [7, 11) is 2.18. The number of hydrazone groups is 1. The zero-order valence-corrected chi connectivity index (χ0v) is 12.6. The molecule has 0 unspecified atom stereocenters. The highest BCUT2D eigenvalue weighted by Crippen LogP contribution is 2.16. The predicted molar refractivity (Wildman–Crippen MR) is 88.3 cm³/mol. The molecule has 108 valence electrons. The first-order valence-corrected chi connectivity index (χ1v) is 7.18. The number of benzene rings is 1. The Bertz CT molecular complexity index is 471. The molecule has 1 aliphatic heterocycles. The van der Waals surface area contributed by atoms with Gasteiger partial charge in [-0.1, -0.05) is 12.1 Å². The minimum Gasteiger partial charge on any atom is -0.375 e. The van der Waals surface area contributed by atoms with Crippen LogP contribution in [-0.2, 0) is 0 Å². The molecular weight excluding hydrogens is 270 g/mol. The average molecular weight is 291 g/mol. The number of likely N-dealkylation sites (N-methyl/N-ethyl adjacent to an activating group) is 1. The second-order valence-corrected chi connectivity index (χ2v) is 5.41. The van der Waals surface area contributed by atoms with Gasteiger partial charge in [0.05, 0.1) is 6.21 Å². The number of nitrogens with zero attached hydrogens (tertiary/aromatic N) is 3. The van der Waals surface area contributed by atoms with Crippen molar-refractivity contribution in [3.63, 3.8) is 0 Å². The van der Waals surface area contributed by atoms with Crippen molar-refractivity contribution in [3.05, 3.63) is 29.8 Å². The lowest BCUT2D eigenvalue weighted by molar-refractivity contribution is 0.360. The van der Waals surface area contributed by atoms with Gasteiger partial charge < -0.3 is 15.5 Å². The van der Waals surface area contributed by atoms with Gasteiger partial charge in [-0.15, -0.1) is 0 Å². The average Bonchev–Trinajstić information content (AvgIpc) is 2.64. The Balaban J connectivity index is 1.97. The van der Waals surface area contributed by atoms with Crippen LogP contribution in [0.15, 0.2) is 29.4 Å². The number of hydrogen-bond acceptors (Lipinski definition) is 4. The molecule has 0 spiro atoms. The molecule has 1 heterocycles. The van der Waals surface area contributed by atoms with E-state index in [0.29, 0.717) is 0 Å². The Morgan fingerprint density at radius 2 is 2.00 bits per heavy atom. The Kier molecular flexibility index (Phi) is 5.31. The number of thiocarbonyl (C=S) groups is 1. The summed E-state index contributed by atoms with van der Waals surface area (Å²) in [5, 5.41) is 4.12. The van der Waals surface area contributed by atoms with Crippen LogP contribution >= 0.6 is 12.2 Å². The van der Waals surface area contributed by atoms with E-state index in [1.807, 2.05) is 0 Å². The van der Waals surface area contributed by atoms with Gasteiger partial charge >= 0.3 is 0 Å². The molecule has 0 aromatic heterocycles. The van der Waals surface area contributed by atoms with Crippen molar-refractivity contribution in [2.75, 3.05) is 38.1 Å². The van der Waals surface area contributed by atoms with E-state index in [4.69, 9.17) is 5.73 Å². The summed E-state index contributed by atoms with van der Waals surface area (Å²) in [6.07, 6.45) is 2.91. The maximum absolute atomic E-state index is 5.30. The summed E-state index contributed by atoms with van der Waals surface area (Å²) in [5.41, 5.74) is 10.1. The van der Waals surface area contributed by atoms with Crippen LogP contribution in [0.5, 0.6) is 0 Å². The van der Waals surface area contributed by atoms with E-state index in [0.717, 1.165) is 25.2 Å². The first kappa shape index (κ1) is 14.7. The Hall–Kier alpha value is -1.66. The number of rotatable bonds is 3. The van der Waals surface area contributed by atoms with Gasteiger partial charge in [0.1, 0.15) is 0 Å². The number of nitrogens with two attached hydrogens (primary N) is 1. The van der Waals surface area contributed by atoms with E-state index >= 15 is 0 Å². The van der Waals surface area contributed by atoms with Crippen molar-refractivity contribution in [2.24, 2.45) is 10.8 Å². The third-order valence-electron chi connectivity index (χ3n) is 3.37. The van der Waals surface area contributed by atoms with Gasteiger partial charge in [-0.05, 0) is 49.9 Å². The Labute approximate surface area is 125 Å². The molecule has 1 aromatic rings.